The number of likely N-dealkylation sites (tertiary alicyclic amines) is 1. The number of hydrogen-bond acceptors (Lipinski definition) is 5. The summed E-state index contributed by atoms with van der Waals surface area (Å²) in [6, 6.07) is 8.37. The molecule has 0 aliphatic carbocycles. The van der Waals surface area contributed by atoms with Gasteiger partial charge in [0.15, 0.2) is 5.54 Å². The van der Waals surface area contributed by atoms with Gasteiger partial charge in [-0.15, -0.1) is 11.3 Å². The summed E-state index contributed by atoms with van der Waals surface area (Å²) in [5.41, 5.74) is 4.10. The predicted octanol–water partition coefficient (Wildman–Crippen LogP) is 2.96. The first-order valence-corrected chi connectivity index (χ1v) is 9.49. The van der Waals surface area contributed by atoms with Crippen LogP contribution in [0.25, 0.3) is 10.4 Å². The number of hydrogen-bond donors (Lipinski definition) is 1. The van der Waals surface area contributed by atoms with Gasteiger partial charge < -0.3 is 5.32 Å². The van der Waals surface area contributed by atoms with Gasteiger partial charge in [-0.3, -0.25) is 9.69 Å². The molecule has 2 atom stereocenters. The van der Waals surface area contributed by atoms with Crippen LogP contribution in [0.4, 0.5) is 0 Å². The number of likely N-dealkylation sites (N-methyl/N-ethyl adjacent to an activating group) is 1. The maximum Gasteiger partial charge on any atom is 0.257 e. The minimum Gasteiger partial charge on any atom is -0.311 e. The first kappa shape index (κ1) is 16.4. The van der Waals surface area contributed by atoms with E-state index in [0.717, 1.165) is 42.0 Å². The Labute approximate surface area is 151 Å². The van der Waals surface area contributed by atoms with Crippen molar-refractivity contribution in [2.24, 2.45) is 4.99 Å². The molecule has 5 nitrogen and oxygen atoms in total. The van der Waals surface area contributed by atoms with Crippen molar-refractivity contribution in [3.8, 4) is 10.4 Å². The standard InChI is InChI=1S/C19H22N4OS/c1-12-16(25-11-20-12)13-6-8-14(9-7-13)19(2)18(24)21-17(22-19)15-5-4-10-23(15)3/h6-9,11,15H,4-5,10H2,1-3H3,(H,21,22,24)/t15?,19-/m0/s1. The second-order valence-corrected chi connectivity index (χ2v) is 7.86. The maximum absolute atomic E-state index is 12.7. The van der Waals surface area contributed by atoms with Crippen molar-refractivity contribution in [3.05, 3.63) is 41.0 Å². The van der Waals surface area contributed by atoms with Crippen LogP contribution in [-0.4, -0.2) is 41.3 Å². The Hall–Kier alpha value is -2.05. The number of nitrogens with zero attached hydrogens (tertiary/aromatic N) is 3. The molecule has 0 radical (unpaired) electrons. The summed E-state index contributed by atoms with van der Waals surface area (Å²) < 4.78 is 0. The zero-order valence-electron chi connectivity index (χ0n) is 14.7. The number of nitrogens with one attached hydrogen (secondary N) is 1. The number of carbonyl (C=O) groups excluding carboxylic acids is 1. The smallest absolute Gasteiger partial charge is 0.257 e. The van der Waals surface area contributed by atoms with E-state index in [0.29, 0.717) is 0 Å². The minimum atomic E-state index is -0.847. The van der Waals surface area contributed by atoms with Crippen LogP contribution in [0.15, 0.2) is 34.8 Å². The maximum atomic E-state index is 12.7. The van der Waals surface area contributed by atoms with Crippen molar-refractivity contribution in [1.29, 1.82) is 0 Å². The number of thiazole rings is 1. The molecule has 130 valence electrons. The van der Waals surface area contributed by atoms with Gasteiger partial charge in [-0.05, 0) is 51.4 Å². The van der Waals surface area contributed by atoms with Crippen molar-refractivity contribution >= 4 is 23.1 Å². The summed E-state index contributed by atoms with van der Waals surface area (Å²) in [7, 11) is 2.09. The van der Waals surface area contributed by atoms with Crippen molar-refractivity contribution in [1.82, 2.24) is 15.2 Å². The monoisotopic (exact) mass is 354 g/mol. The number of aryl methyl sites for hydroxylation is 1. The van der Waals surface area contributed by atoms with Crippen LogP contribution >= 0.6 is 11.3 Å². The van der Waals surface area contributed by atoms with E-state index in [9.17, 15) is 4.79 Å². The molecule has 2 aliphatic rings. The SMILES string of the molecule is Cc1ncsc1-c1ccc([C@]2(C)N=C(C3CCCN3C)NC2=O)cc1. The lowest BCUT2D eigenvalue weighted by Crippen LogP contribution is -2.42. The fourth-order valence-corrected chi connectivity index (χ4v) is 4.50. The molecule has 2 aromatic rings. The Morgan fingerprint density at radius 2 is 2.08 bits per heavy atom. The number of carbonyl (C=O) groups is 1. The van der Waals surface area contributed by atoms with Crippen LogP contribution in [0, 0.1) is 6.92 Å². The highest BCUT2D eigenvalue weighted by atomic mass is 32.1. The Morgan fingerprint density at radius 3 is 2.68 bits per heavy atom. The van der Waals surface area contributed by atoms with Gasteiger partial charge in [0.2, 0.25) is 0 Å². The number of rotatable bonds is 3. The molecule has 1 fully saturated rings. The molecule has 1 unspecified atom stereocenters. The average Bonchev–Trinajstić information content (AvgIpc) is 3.29. The van der Waals surface area contributed by atoms with E-state index < -0.39 is 5.54 Å². The summed E-state index contributed by atoms with van der Waals surface area (Å²) in [5, 5.41) is 3.03. The van der Waals surface area contributed by atoms with Crippen molar-refractivity contribution < 1.29 is 4.79 Å². The number of aromatic nitrogens is 1. The van der Waals surface area contributed by atoms with Crippen LogP contribution in [0.3, 0.4) is 0 Å². The molecule has 3 heterocycles. The summed E-state index contributed by atoms with van der Waals surface area (Å²) in [6.45, 7) is 4.97. The first-order chi connectivity index (χ1) is 12.0. The molecule has 4 rings (SSSR count). The van der Waals surface area contributed by atoms with Gasteiger partial charge in [0.1, 0.15) is 5.84 Å². The Bertz CT molecular complexity index is 841. The number of amides is 1. The molecule has 1 aromatic carbocycles. The third kappa shape index (κ3) is 2.69. The summed E-state index contributed by atoms with van der Waals surface area (Å²) in [6.07, 6.45) is 2.20. The fraction of sp³-hybridized carbons (Fsp3) is 0.421. The van der Waals surface area contributed by atoms with Gasteiger partial charge in [-0.1, -0.05) is 24.3 Å². The van der Waals surface area contributed by atoms with Crippen LogP contribution in [0.1, 0.15) is 31.0 Å². The second-order valence-electron chi connectivity index (χ2n) is 7.01. The molecule has 1 N–H and O–H groups in total. The second kappa shape index (κ2) is 6.04. The van der Waals surface area contributed by atoms with Gasteiger partial charge >= 0.3 is 0 Å². The third-order valence-electron chi connectivity index (χ3n) is 5.32. The Kier molecular flexibility index (Phi) is 3.96. The highest BCUT2D eigenvalue weighted by molar-refractivity contribution is 7.13. The zero-order chi connectivity index (χ0) is 17.6. The number of amidine groups is 1. The van der Waals surface area contributed by atoms with Gasteiger partial charge in [-0.2, -0.15) is 0 Å². The molecule has 2 aliphatic heterocycles. The predicted molar refractivity (Wildman–Crippen MR) is 101 cm³/mol. The van der Waals surface area contributed by atoms with E-state index in [-0.39, 0.29) is 11.9 Å². The van der Waals surface area contributed by atoms with E-state index in [4.69, 9.17) is 4.99 Å². The van der Waals surface area contributed by atoms with Crippen LogP contribution in [-0.2, 0) is 10.3 Å². The minimum absolute atomic E-state index is 0.0375. The first-order valence-electron chi connectivity index (χ1n) is 8.61. The lowest BCUT2D eigenvalue weighted by Gasteiger charge is -2.19. The van der Waals surface area contributed by atoms with Crippen LogP contribution in [0.5, 0.6) is 0 Å². The lowest BCUT2D eigenvalue weighted by atomic mass is 9.91. The topological polar surface area (TPSA) is 57.6 Å². The van der Waals surface area contributed by atoms with E-state index >= 15 is 0 Å². The van der Waals surface area contributed by atoms with E-state index in [1.54, 1.807) is 11.3 Å². The van der Waals surface area contributed by atoms with Gasteiger partial charge in [-0.25, -0.2) is 9.98 Å². The number of aliphatic imine (C=N–C) groups is 1. The van der Waals surface area contributed by atoms with E-state index in [2.05, 4.69) is 34.4 Å². The van der Waals surface area contributed by atoms with E-state index in [1.165, 1.54) is 4.88 Å². The van der Waals surface area contributed by atoms with Crippen molar-refractivity contribution in [2.45, 2.75) is 38.3 Å². The molecule has 6 heteroatoms. The fourth-order valence-electron chi connectivity index (χ4n) is 3.69. The highest BCUT2D eigenvalue weighted by Gasteiger charge is 2.43. The Balaban J connectivity index is 1.65. The molecule has 0 spiro atoms. The molecule has 0 saturated carbocycles. The zero-order valence-corrected chi connectivity index (χ0v) is 15.6. The van der Waals surface area contributed by atoms with Gasteiger partial charge in [0.05, 0.1) is 22.1 Å². The van der Waals surface area contributed by atoms with Crippen molar-refractivity contribution in [2.75, 3.05) is 13.6 Å². The molecular weight excluding hydrogens is 332 g/mol. The normalized spacial score (nSPS) is 26.8. The molecule has 0 bridgehead atoms. The highest BCUT2D eigenvalue weighted by Crippen LogP contribution is 2.34. The summed E-state index contributed by atoms with van der Waals surface area (Å²) >= 11 is 1.63. The van der Waals surface area contributed by atoms with E-state index in [1.807, 2.05) is 31.5 Å². The quantitative estimate of drug-likeness (QED) is 0.922. The number of benzene rings is 1. The largest absolute Gasteiger partial charge is 0.311 e. The average molecular weight is 354 g/mol. The van der Waals surface area contributed by atoms with Crippen LogP contribution in [0.2, 0.25) is 0 Å². The summed E-state index contributed by atoms with van der Waals surface area (Å²) in [4.78, 5) is 25.2. The molecule has 1 amide bonds. The molecule has 25 heavy (non-hydrogen) atoms. The molecule has 1 aromatic heterocycles. The molecule has 1 saturated heterocycles. The lowest BCUT2D eigenvalue weighted by molar-refractivity contribution is -0.123. The molecular formula is C19H22N4OS. The Morgan fingerprint density at radius 1 is 1.32 bits per heavy atom. The summed E-state index contributed by atoms with van der Waals surface area (Å²) in [5.74, 6) is 0.777. The van der Waals surface area contributed by atoms with Gasteiger partial charge in [0, 0.05) is 0 Å². The third-order valence-corrected chi connectivity index (χ3v) is 6.30. The van der Waals surface area contributed by atoms with Crippen molar-refractivity contribution in [3.63, 3.8) is 0 Å². The van der Waals surface area contributed by atoms with Crippen LogP contribution < -0.4 is 5.32 Å². The van der Waals surface area contributed by atoms with Gasteiger partial charge in [0.25, 0.3) is 5.91 Å².